The van der Waals surface area contributed by atoms with E-state index in [-0.39, 0.29) is 18.5 Å². The van der Waals surface area contributed by atoms with Gasteiger partial charge in [0.1, 0.15) is 6.10 Å². The van der Waals surface area contributed by atoms with Crippen LogP contribution in [0, 0.1) is 5.92 Å². The van der Waals surface area contributed by atoms with E-state index in [0.29, 0.717) is 25.4 Å². The van der Waals surface area contributed by atoms with Gasteiger partial charge in [-0.15, -0.1) is 0 Å². The van der Waals surface area contributed by atoms with E-state index >= 15 is 0 Å². The van der Waals surface area contributed by atoms with Gasteiger partial charge in [-0.2, -0.15) is 0 Å². The van der Waals surface area contributed by atoms with Crippen molar-refractivity contribution in [2.45, 2.75) is 298 Å². The van der Waals surface area contributed by atoms with Crippen LogP contribution in [0.4, 0.5) is 0 Å². The van der Waals surface area contributed by atoms with Crippen molar-refractivity contribution in [2.24, 2.45) is 5.92 Å². The molecule has 0 radical (unpaired) electrons. The Morgan fingerprint density at radius 2 is 1.19 bits per heavy atom. The first-order valence-electron chi connectivity index (χ1n) is 31.6. The molecule has 0 saturated carbocycles. The quantitative estimate of drug-likeness (QED) is 0.0256. The van der Waals surface area contributed by atoms with E-state index in [1.54, 1.807) is 14.2 Å². The van der Waals surface area contributed by atoms with Gasteiger partial charge in [0.05, 0.1) is 6.61 Å². The number of esters is 1. The number of halogens is 1. The third kappa shape index (κ3) is 26.4. The summed E-state index contributed by atoms with van der Waals surface area (Å²) >= 11 is -0.321. The van der Waals surface area contributed by atoms with E-state index in [9.17, 15) is 4.79 Å². The minimum atomic E-state index is -2.61. The van der Waals surface area contributed by atoms with Crippen molar-refractivity contribution < 1.29 is 41.8 Å². The monoisotopic (exact) mass is 1360 g/mol. The number of unbranched alkanes of at least 4 members (excludes halogenated alkanes) is 3. The van der Waals surface area contributed by atoms with Crippen LogP contribution in [0.2, 0.25) is 67.7 Å². The maximum atomic E-state index is 14.9. The van der Waals surface area contributed by atoms with Crippen molar-refractivity contribution in [3.05, 3.63) is 67.9 Å². The second-order valence-corrected chi connectivity index (χ2v) is 50.8. The molecular weight excluding hydrogens is 1240 g/mol. The fraction of sp³-hybridized carbons (Fsp3) is 0.797. The molecule has 0 spiro atoms. The summed E-state index contributed by atoms with van der Waals surface area (Å²) in [5.41, 5.74) is 2.36. The van der Waals surface area contributed by atoms with Crippen molar-refractivity contribution in [1.29, 1.82) is 0 Å². The molecule has 0 aromatic carbocycles. The van der Waals surface area contributed by atoms with Crippen LogP contribution in [0.25, 0.3) is 0 Å². The zero-order valence-electron chi connectivity index (χ0n) is 53.5. The molecule has 1 aliphatic heterocycles. The molecule has 0 unspecified atom stereocenters. The smallest absolute Gasteiger partial charge is 0.0656 e. The van der Waals surface area contributed by atoms with Crippen LogP contribution in [0.1, 0.15) is 181 Å². The minimum Gasteiger partial charge on any atom is -0.0656 e. The molecule has 0 aromatic rings. The first-order valence-corrected chi connectivity index (χ1v) is 48.1. The molecule has 9 atom stereocenters. The van der Waals surface area contributed by atoms with Crippen LogP contribution < -0.4 is 0 Å². The number of hydrogen-bond acceptors (Lipinski definition) is 9. The van der Waals surface area contributed by atoms with Crippen molar-refractivity contribution in [1.82, 2.24) is 0 Å². The molecule has 1 heterocycles. The number of ether oxygens (including phenoxy) is 5. The molecular formula is C64H121IO9Si3Sn. The van der Waals surface area contributed by atoms with Crippen LogP contribution >= 0.6 is 22.6 Å². The molecule has 1 aliphatic rings. The Balaban J connectivity index is 4.20. The Bertz CT molecular complexity index is 1720. The zero-order chi connectivity index (χ0) is 58.6. The molecule has 1 rings (SSSR count). The molecule has 0 N–H and O–H groups in total. The van der Waals surface area contributed by atoms with Gasteiger partial charge in [0.15, 0.2) is 25.0 Å². The second-order valence-electron chi connectivity index (χ2n) is 22.8. The molecule has 0 aliphatic carbocycles. The number of methoxy groups -OCH3 is 2. The summed E-state index contributed by atoms with van der Waals surface area (Å²) < 4.78 is 65.4. The molecule has 9 nitrogen and oxygen atoms in total. The summed E-state index contributed by atoms with van der Waals surface area (Å²) in [6.45, 7) is 36.4. The Labute approximate surface area is 502 Å². The van der Waals surface area contributed by atoms with Gasteiger partial charge < -0.3 is 18.3 Å². The van der Waals surface area contributed by atoms with Crippen LogP contribution in [0.5, 0.6) is 0 Å². The van der Waals surface area contributed by atoms with Crippen molar-refractivity contribution in [2.75, 3.05) is 20.8 Å². The summed E-state index contributed by atoms with van der Waals surface area (Å²) in [7, 11) is -3.04. The average Bonchev–Trinajstić information content (AvgIpc) is 3.47. The predicted octanol–water partition coefficient (Wildman–Crippen LogP) is 19.3. The van der Waals surface area contributed by atoms with Gasteiger partial charge in [0.2, 0.25) is 0 Å². The summed E-state index contributed by atoms with van der Waals surface area (Å²) in [5.74, 6) is 0.0631. The SMILES string of the molecule is C/C=C/C/C(C)=C/[C@@H](C/C=[CH]\[Sn]([CH2]CCC)([CH2]CCC)[CH2]CCC)OC(=O)C[C@@H](/C=C\C[C@H](OC)/C(C)=C/[C@@H](C)C/C=C/I)O[C@@H]1O[C@H](CO[Si](CC)(CC)CC)[C@@H](O[Si](CC)(CC)CC)[C@H](OC)[C@H]1O[Si](CC)(CC)CC. The summed E-state index contributed by atoms with van der Waals surface area (Å²) in [6.07, 6.45) is 24.0. The Hall–Kier alpha value is -0.191. The number of carbonyl (C=O) groups excluding carboxylic acids is 1. The standard InChI is InChI=1S/C52H94IO9Si3.3C4H9.Sn/c1-17-28-32-42(13)38-44(31-18-2)58-48(54)39-45(34-29-35-46(55-15)43(14)37-41(12)33-30-36-53)59-52-51(62-65(25-9,26-10)27-11)50(56-16)49(61-64(22-6,23-7)24-8)47(60-52)40-57-63(19-3,20-4)21-5;3*1-3-4-2;/h2,17-18,28-30,34,36-38,41,44-47,49-52H,19-27,31-33,35,39-40H2,1,3-16H3;3*1,3-4H2,2H3;/b18-2?,28-17+,34-29-,36-30+,42-38+,43-37+;;;;/t41-,44+,45+,46-,47+,49+,50-,51+,52+;;;;/m0..../s1. The Morgan fingerprint density at radius 1 is 0.654 bits per heavy atom. The molecule has 0 aromatic heterocycles. The number of hydrogen-bond donors (Lipinski definition) is 0. The van der Waals surface area contributed by atoms with E-state index in [1.807, 2.05) is 6.08 Å². The van der Waals surface area contributed by atoms with Crippen LogP contribution in [-0.4, -0.2) is 119 Å². The number of allylic oxidation sites excluding steroid dienone is 5. The fourth-order valence-corrected chi connectivity index (χ4v) is 34.5. The molecule has 1 fully saturated rings. The van der Waals surface area contributed by atoms with Crippen molar-refractivity contribution in [3.8, 4) is 0 Å². The maximum absolute atomic E-state index is 14.9. The Morgan fingerprint density at radius 3 is 1.67 bits per heavy atom. The van der Waals surface area contributed by atoms with E-state index in [4.69, 9.17) is 37.0 Å². The van der Waals surface area contributed by atoms with Gasteiger partial charge >= 0.3 is 249 Å². The van der Waals surface area contributed by atoms with Gasteiger partial charge in [-0.3, -0.25) is 0 Å². The van der Waals surface area contributed by atoms with Crippen molar-refractivity contribution >= 4 is 71.9 Å². The van der Waals surface area contributed by atoms with Gasteiger partial charge in [-0.1, -0.05) is 104 Å². The average molecular weight is 1360 g/mol. The number of rotatable bonds is 45. The first-order chi connectivity index (χ1) is 37.4. The van der Waals surface area contributed by atoms with Crippen molar-refractivity contribution in [3.63, 3.8) is 0 Å². The van der Waals surface area contributed by atoms with Gasteiger partial charge in [-0.25, -0.2) is 0 Å². The van der Waals surface area contributed by atoms with E-state index in [2.05, 4.69) is 184 Å². The topological polar surface area (TPSA) is 90.9 Å². The molecule has 0 amide bonds. The van der Waals surface area contributed by atoms with Crippen LogP contribution in [-0.2, 0) is 41.8 Å². The normalized spacial score (nSPS) is 21.1. The second kappa shape index (κ2) is 42.6. The predicted molar refractivity (Wildman–Crippen MR) is 353 cm³/mol. The fourth-order valence-electron chi connectivity index (χ4n) is 11.5. The number of carbonyl (C=O) groups is 1. The third-order valence-corrected chi connectivity index (χ3v) is 46.3. The summed E-state index contributed by atoms with van der Waals surface area (Å²) in [4.78, 5) is 14.9. The minimum absolute atomic E-state index is 0.00441. The van der Waals surface area contributed by atoms with E-state index in [1.165, 1.54) is 63.0 Å². The van der Waals surface area contributed by atoms with Crippen LogP contribution in [0.3, 0.4) is 0 Å². The summed E-state index contributed by atoms with van der Waals surface area (Å²) in [5, 5.41) is 0. The van der Waals surface area contributed by atoms with E-state index < -0.39 is 86.2 Å². The molecule has 78 heavy (non-hydrogen) atoms. The van der Waals surface area contributed by atoms with Gasteiger partial charge in [-0.05, 0) is 83.3 Å². The van der Waals surface area contributed by atoms with Gasteiger partial charge in [0, 0.05) is 14.2 Å². The Kier molecular flexibility index (Phi) is 41.4. The molecule has 0 bridgehead atoms. The first kappa shape index (κ1) is 75.8. The molecule has 14 heteroatoms. The summed E-state index contributed by atoms with van der Waals surface area (Å²) in [6, 6.07) is 8.86. The van der Waals surface area contributed by atoms with Crippen LogP contribution in [0.15, 0.2) is 67.9 Å². The molecule has 1 saturated heterocycles. The third-order valence-electron chi connectivity index (χ3n) is 17.7. The van der Waals surface area contributed by atoms with Gasteiger partial charge in [0.25, 0.3) is 0 Å². The van der Waals surface area contributed by atoms with E-state index in [0.717, 1.165) is 67.2 Å². The zero-order valence-corrected chi connectivity index (χ0v) is 61.5. The molecule has 454 valence electrons.